The number of carbonyl (C=O) groups excluding carboxylic acids is 2. The fourth-order valence-corrected chi connectivity index (χ4v) is 3.82. The maximum Gasteiger partial charge on any atom is 0.246 e. The molecule has 150 valence electrons. The largest absolute Gasteiger partial charge is 0.486 e. The molecule has 3 heterocycles. The molecule has 2 amide bonds. The van der Waals surface area contributed by atoms with Gasteiger partial charge in [0.25, 0.3) is 0 Å². The van der Waals surface area contributed by atoms with Gasteiger partial charge in [-0.2, -0.15) is 0 Å². The highest BCUT2D eigenvalue weighted by molar-refractivity contribution is 5.92. The van der Waals surface area contributed by atoms with E-state index in [-0.39, 0.29) is 11.8 Å². The summed E-state index contributed by atoms with van der Waals surface area (Å²) in [7, 11) is 0. The smallest absolute Gasteiger partial charge is 0.246 e. The van der Waals surface area contributed by atoms with E-state index >= 15 is 0 Å². The molecule has 0 aliphatic carbocycles. The van der Waals surface area contributed by atoms with Crippen LogP contribution in [-0.2, 0) is 9.59 Å². The Hall–Kier alpha value is -2.54. The summed E-state index contributed by atoms with van der Waals surface area (Å²) in [6.07, 6.45) is 5.65. The van der Waals surface area contributed by atoms with Gasteiger partial charge in [-0.25, -0.2) is 0 Å². The Kier molecular flexibility index (Phi) is 5.81. The van der Waals surface area contributed by atoms with Crippen LogP contribution in [0.3, 0.4) is 0 Å². The number of amides is 2. The first-order valence-electron chi connectivity index (χ1n) is 10.1. The Morgan fingerprint density at radius 3 is 2.36 bits per heavy atom. The third-order valence-corrected chi connectivity index (χ3v) is 5.49. The molecular formula is C21H27N3O4. The first kappa shape index (κ1) is 18.8. The van der Waals surface area contributed by atoms with Crippen molar-refractivity contribution >= 4 is 17.9 Å². The molecule has 4 rings (SSSR count). The van der Waals surface area contributed by atoms with Gasteiger partial charge >= 0.3 is 0 Å². The predicted molar refractivity (Wildman–Crippen MR) is 105 cm³/mol. The molecule has 0 unspecified atom stereocenters. The monoisotopic (exact) mass is 385 g/mol. The van der Waals surface area contributed by atoms with E-state index in [9.17, 15) is 9.59 Å². The fourth-order valence-electron chi connectivity index (χ4n) is 3.82. The van der Waals surface area contributed by atoms with E-state index in [2.05, 4.69) is 4.90 Å². The van der Waals surface area contributed by atoms with Gasteiger partial charge in [-0.1, -0.05) is 6.07 Å². The van der Waals surface area contributed by atoms with Crippen LogP contribution in [0.5, 0.6) is 11.5 Å². The third kappa shape index (κ3) is 4.47. The van der Waals surface area contributed by atoms with Crippen LogP contribution in [0.15, 0.2) is 24.3 Å². The van der Waals surface area contributed by atoms with Gasteiger partial charge < -0.3 is 19.3 Å². The van der Waals surface area contributed by atoms with E-state index < -0.39 is 0 Å². The Morgan fingerprint density at radius 1 is 0.893 bits per heavy atom. The molecule has 7 nitrogen and oxygen atoms in total. The molecule has 0 aromatic heterocycles. The Morgan fingerprint density at radius 2 is 1.61 bits per heavy atom. The number of ether oxygens (including phenoxy) is 2. The summed E-state index contributed by atoms with van der Waals surface area (Å²) in [5.74, 6) is 1.68. The van der Waals surface area contributed by atoms with E-state index in [1.165, 1.54) is 0 Å². The van der Waals surface area contributed by atoms with Crippen molar-refractivity contribution in [1.82, 2.24) is 14.7 Å². The van der Waals surface area contributed by atoms with Crippen LogP contribution in [-0.4, -0.2) is 85.5 Å². The molecule has 1 aromatic rings. The minimum Gasteiger partial charge on any atom is -0.486 e. The van der Waals surface area contributed by atoms with Crippen molar-refractivity contribution < 1.29 is 19.1 Å². The van der Waals surface area contributed by atoms with E-state index in [1.54, 1.807) is 6.08 Å². The van der Waals surface area contributed by atoms with Gasteiger partial charge in [0.05, 0.1) is 6.54 Å². The lowest BCUT2D eigenvalue weighted by Crippen LogP contribution is -2.51. The molecule has 3 aliphatic rings. The quantitative estimate of drug-likeness (QED) is 0.730. The summed E-state index contributed by atoms with van der Waals surface area (Å²) < 4.78 is 11.1. The normalized spacial score (nSPS) is 20.0. The van der Waals surface area contributed by atoms with Crippen molar-refractivity contribution in [2.24, 2.45) is 0 Å². The minimum atomic E-state index is 0.000378. The highest BCUT2D eigenvalue weighted by Crippen LogP contribution is 2.31. The Bertz CT molecular complexity index is 750. The van der Waals surface area contributed by atoms with Crippen LogP contribution in [0.25, 0.3) is 6.08 Å². The molecule has 0 saturated carbocycles. The van der Waals surface area contributed by atoms with Crippen molar-refractivity contribution in [1.29, 1.82) is 0 Å². The minimum absolute atomic E-state index is 0.000378. The number of rotatable bonds is 4. The maximum absolute atomic E-state index is 12.5. The molecule has 7 heteroatoms. The van der Waals surface area contributed by atoms with Crippen LogP contribution in [0.4, 0.5) is 0 Å². The first-order valence-corrected chi connectivity index (χ1v) is 10.1. The van der Waals surface area contributed by atoms with Crippen molar-refractivity contribution in [3.05, 3.63) is 29.8 Å². The second-order valence-electron chi connectivity index (χ2n) is 7.43. The molecule has 0 spiro atoms. The maximum atomic E-state index is 12.5. The summed E-state index contributed by atoms with van der Waals surface area (Å²) in [5, 5.41) is 0. The van der Waals surface area contributed by atoms with Gasteiger partial charge in [-0.3, -0.25) is 14.5 Å². The number of nitrogens with zero attached hydrogens (tertiary/aromatic N) is 3. The Balaban J connectivity index is 1.26. The van der Waals surface area contributed by atoms with Gasteiger partial charge in [0, 0.05) is 45.3 Å². The second kappa shape index (κ2) is 8.65. The molecule has 2 fully saturated rings. The molecule has 28 heavy (non-hydrogen) atoms. The molecule has 0 N–H and O–H groups in total. The number of hydrogen-bond acceptors (Lipinski definition) is 5. The van der Waals surface area contributed by atoms with Crippen molar-refractivity contribution in [2.75, 3.05) is 59.0 Å². The summed E-state index contributed by atoms with van der Waals surface area (Å²) in [6.45, 7) is 6.14. The second-order valence-corrected chi connectivity index (χ2v) is 7.43. The molecule has 3 aliphatic heterocycles. The molecular weight excluding hydrogens is 358 g/mol. The van der Waals surface area contributed by atoms with Gasteiger partial charge in [0.15, 0.2) is 11.5 Å². The number of hydrogen-bond donors (Lipinski definition) is 0. The van der Waals surface area contributed by atoms with Crippen LogP contribution in [0, 0.1) is 0 Å². The summed E-state index contributed by atoms with van der Waals surface area (Å²) in [6, 6.07) is 5.67. The van der Waals surface area contributed by atoms with Crippen molar-refractivity contribution in [3.63, 3.8) is 0 Å². The average molecular weight is 385 g/mol. The highest BCUT2D eigenvalue weighted by atomic mass is 16.6. The molecule has 0 bridgehead atoms. The van der Waals surface area contributed by atoms with Gasteiger partial charge in [0.2, 0.25) is 11.8 Å². The predicted octanol–water partition coefficient (Wildman–Crippen LogP) is 1.24. The summed E-state index contributed by atoms with van der Waals surface area (Å²) in [4.78, 5) is 30.7. The van der Waals surface area contributed by atoms with Crippen molar-refractivity contribution in [2.45, 2.75) is 12.8 Å². The molecule has 1 aromatic carbocycles. The zero-order valence-corrected chi connectivity index (χ0v) is 16.1. The van der Waals surface area contributed by atoms with Gasteiger partial charge in [0.1, 0.15) is 13.2 Å². The molecule has 0 atom stereocenters. The van der Waals surface area contributed by atoms with E-state index in [4.69, 9.17) is 9.47 Å². The van der Waals surface area contributed by atoms with E-state index in [1.807, 2.05) is 34.1 Å². The number of benzene rings is 1. The standard InChI is InChI=1S/C21H27N3O4/c25-20(6-4-17-3-5-18-19(15-17)28-14-13-27-18)24-11-9-22(10-12-24)16-21(26)23-7-1-2-8-23/h3-6,15H,1-2,7-14,16H2. The lowest BCUT2D eigenvalue weighted by Gasteiger charge is -2.34. The lowest BCUT2D eigenvalue weighted by atomic mass is 10.1. The number of piperazine rings is 1. The van der Waals surface area contributed by atoms with Gasteiger partial charge in [-0.15, -0.1) is 0 Å². The molecule has 2 saturated heterocycles. The topological polar surface area (TPSA) is 62.3 Å². The fraction of sp³-hybridized carbons (Fsp3) is 0.524. The average Bonchev–Trinajstić information content (AvgIpc) is 3.27. The molecule has 0 radical (unpaired) electrons. The van der Waals surface area contributed by atoms with Crippen molar-refractivity contribution in [3.8, 4) is 11.5 Å². The Labute approximate surface area is 165 Å². The van der Waals surface area contributed by atoms with Crippen LogP contribution >= 0.6 is 0 Å². The number of likely N-dealkylation sites (tertiary alicyclic amines) is 1. The zero-order chi connectivity index (χ0) is 19.3. The third-order valence-electron chi connectivity index (χ3n) is 5.49. The first-order chi connectivity index (χ1) is 13.7. The van der Waals surface area contributed by atoms with Crippen LogP contribution in [0.1, 0.15) is 18.4 Å². The zero-order valence-electron chi connectivity index (χ0n) is 16.1. The van der Waals surface area contributed by atoms with E-state index in [0.717, 1.165) is 56.1 Å². The van der Waals surface area contributed by atoms with Crippen LogP contribution in [0.2, 0.25) is 0 Å². The van der Waals surface area contributed by atoms with Gasteiger partial charge in [-0.05, 0) is 36.6 Å². The SMILES string of the molecule is O=C(C=Cc1ccc2c(c1)OCCO2)N1CCN(CC(=O)N2CCCC2)CC1. The number of fused-ring (bicyclic) bond motifs is 1. The van der Waals surface area contributed by atoms with Crippen LogP contribution < -0.4 is 9.47 Å². The number of carbonyl (C=O) groups is 2. The summed E-state index contributed by atoms with van der Waals surface area (Å²) in [5.41, 5.74) is 0.910. The van der Waals surface area contributed by atoms with E-state index in [0.29, 0.717) is 32.8 Å². The summed E-state index contributed by atoms with van der Waals surface area (Å²) >= 11 is 0. The lowest BCUT2D eigenvalue weighted by molar-refractivity contribution is -0.132. The highest BCUT2D eigenvalue weighted by Gasteiger charge is 2.24.